The lowest BCUT2D eigenvalue weighted by Gasteiger charge is -2.12. The quantitative estimate of drug-likeness (QED) is 0.0504. The Kier molecular flexibility index (Phi) is 30.9. The van der Waals surface area contributed by atoms with Crippen LogP contribution in [0.1, 0.15) is 79.9 Å². The Labute approximate surface area is 494 Å². The Morgan fingerprint density at radius 3 is 1.33 bits per heavy atom. The second kappa shape index (κ2) is 37.9. The van der Waals surface area contributed by atoms with Crippen molar-refractivity contribution in [2.45, 2.75) is 59.7 Å². The number of nitrogens with zero attached hydrogens (tertiary/aromatic N) is 3. The smallest absolute Gasteiger partial charge is 0.373 e. The lowest BCUT2D eigenvalue weighted by molar-refractivity contribution is -0.193. The third-order valence-electron chi connectivity index (χ3n) is 11.5. The van der Waals surface area contributed by atoms with Crippen LogP contribution in [0.2, 0.25) is 0 Å². The van der Waals surface area contributed by atoms with Gasteiger partial charge in [0.05, 0.1) is 11.1 Å². The maximum atomic E-state index is 13.0. The summed E-state index contributed by atoms with van der Waals surface area (Å²) in [6, 6.07) is 24.6. The zero-order chi connectivity index (χ0) is 64.4. The fourth-order valence-corrected chi connectivity index (χ4v) is 7.46. The number of rotatable bonds is 22. The normalized spacial score (nSPS) is 10.1. The van der Waals surface area contributed by atoms with Crippen LogP contribution in [0, 0.1) is 11.6 Å². The molecule has 0 radical (unpaired) electrons. The van der Waals surface area contributed by atoms with E-state index in [0.717, 1.165) is 27.7 Å². The molecule has 0 aliphatic rings. The molecule has 6 heterocycles. The van der Waals surface area contributed by atoms with Gasteiger partial charge in [0.1, 0.15) is 43.3 Å². The van der Waals surface area contributed by atoms with E-state index in [-0.39, 0.29) is 97.4 Å². The first-order valence-electron chi connectivity index (χ1n) is 25.6. The summed E-state index contributed by atoms with van der Waals surface area (Å²) in [6.45, 7) is 3.91. The largest absolute Gasteiger partial charge is 0.503 e. The van der Waals surface area contributed by atoms with Crippen molar-refractivity contribution in [3.8, 4) is 23.0 Å². The van der Waals surface area contributed by atoms with Crippen molar-refractivity contribution in [2.24, 2.45) is 0 Å². The molecular formula is C60H62F2N4O21. The highest BCUT2D eigenvalue weighted by Crippen LogP contribution is 2.23. The van der Waals surface area contributed by atoms with Gasteiger partial charge in [-0.1, -0.05) is 38.1 Å². The van der Waals surface area contributed by atoms with Crippen molar-refractivity contribution in [2.75, 3.05) is 49.1 Å². The predicted molar refractivity (Wildman–Crippen MR) is 300 cm³/mol. The molecule has 462 valence electrons. The number of ketones is 2. The lowest BCUT2D eigenvalue weighted by atomic mass is 10.1. The highest BCUT2D eigenvalue weighted by molar-refractivity contribution is 6.09. The van der Waals surface area contributed by atoms with Crippen LogP contribution in [0.15, 0.2) is 150 Å². The van der Waals surface area contributed by atoms with Crippen LogP contribution in [0.5, 0.6) is 23.0 Å². The maximum Gasteiger partial charge on any atom is 0.373 e. The molecule has 0 atom stereocenters. The summed E-state index contributed by atoms with van der Waals surface area (Å²) in [6.07, 6.45) is 8.73. The molecule has 0 amide bonds. The molecule has 6 aromatic heterocycles. The molecule has 0 unspecified atom stereocenters. The highest BCUT2D eigenvalue weighted by Gasteiger charge is 2.23. The molecule has 2 aromatic carbocycles. The number of aromatic amines is 1. The SMILES string of the molecule is CCc1cc[nH]c(=O)c1O.CCc1ccn(COC)c(=O)c1OCOC.COCOc1c(C(=O)c2ccc(Cc3ccc(F)cc3)o2)ccn(COC)c1=O.COCn1ccc(C(=O)c2ccc(Cc3ccc(F)cc3)o2)c(O)c1=O.O=C=O.O=C=O. The fraction of sp³-hybridized carbons (Fsp3) is 0.267. The number of aromatic nitrogens is 4. The van der Waals surface area contributed by atoms with E-state index in [4.69, 9.17) is 66.3 Å². The molecule has 0 aliphatic carbocycles. The summed E-state index contributed by atoms with van der Waals surface area (Å²) in [5.74, 6) is -1.28. The second-order valence-electron chi connectivity index (χ2n) is 17.3. The van der Waals surface area contributed by atoms with E-state index < -0.39 is 34.0 Å². The molecular weight excluding hydrogens is 1150 g/mol. The molecule has 0 fully saturated rings. The third kappa shape index (κ3) is 21.7. The molecule has 0 bridgehead atoms. The number of halogens is 2. The van der Waals surface area contributed by atoms with Gasteiger partial charge in [0, 0.05) is 84.3 Å². The molecule has 8 rings (SSSR count). The first kappa shape index (κ1) is 71.0. The van der Waals surface area contributed by atoms with E-state index in [0.29, 0.717) is 42.1 Å². The number of hydrogen-bond donors (Lipinski definition) is 3. The van der Waals surface area contributed by atoms with Crippen LogP contribution in [-0.4, -0.2) is 102 Å². The van der Waals surface area contributed by atoms with Crippen LogP contribution < -0.4 is 31.7 Å². The minimum atomic E-state index is -0.726. The molecule has 3 N–H and O–H groups in total. The molecule has 0 spiro atoms. The third-order valence-corrected chi connectivity index (χ3v) is 11.5. The topological polar surface area (TPSA) is 333 Å². The second-order valence-corrected chi connectivity index (χ2v) is 17.3. The predicted octanol–water partition coefficient (Wildman–Crippen LogP) is 6.17. The molecule has 0 aliphatic heterocycles. The maximum absolute atomic E-state index is 13.0. The van der Waals surface area contributed by atoms with Crippen molar-refractivity contribution >= 4 is 23.9 Å². The summed E-state index contributed by atoms with van der Waals surface area (Å²) in [7, 11) is 7.32. The monoisotopic (exact) mass is 1210 g/mol. The van der Waals surface area contributed by atoms with Gasteiger partial charge in [-0.3, -0.25) is 42.5 Å². The van der Waals surface area contributed by atoms with Crippen LogP contribution in [0.3, 0.4) is 0 Å². The van der Waals surface area contributed by atoms with E-state index in [1.54, 1.807) is 48.7 Å². The number of nitrogens with one attached hydrogen (secondary N) is 1. The Bertz CT molecular complexity index is 3760. The molecule has 87 heavy (non-hydrogen) atoms. The average Bonchev–Trinajstić information content (AvgIpc) is 4.40. The minimum absolute atomic E-state index is 0.00121. The van der Waals surface area contributed by atoms with E-state index in [1.807, 2.05) is 19.9 Å². The van der Waals surface area contributed by atoms with Gasteiger partial charge in [-0.05, 0) is 96.8 Å². The van der Waals surface area contributed by atoms with Crippen LogP contribution in [-0.2, 0) is 88.7 Å². The zero-order valence-electron chi connectivity index (χ0n) is 48.2. The summed E-state index contributed by atoms with van der Waals surface area (Å²) in [4.78, 5) is 108. The van der Waals surface area contributed by atoms with Crippen LogP contribution in [0.25, 0.3) is 0 Å². The standard InChI is InChI=1S/C21H20FNO6.C19H16FNO5.C11H17NO4.C7H9NO2.2CO2/c1-26-12-23-10-9-17(20(21(23)25)28-13-27-2)19(24)18-8-7-16(29-18)11-14-3-5-15(22)6-4-14;1-25-11-21-9-8-15(18(23)19(21)24)17(22)16-7-6-14(26-16)10-12-2-4-13(20)5-3-12;1-4-9-5-6-12(7-14-2)11(13)10(9)16-8-15-3;1-2-5-3-4-8-7(10)6(5)9;2*2-1-3/h3-10H,11-13H2,1-2H3;2-9,23H,10-11H2,1H3;5-6H,4,7-8H2,1-3H3;3-4,9H,2H2,1H3,(H,8,10);;. The van der Waals surface area contributed by atoms with Crippen molar-refractivity contribution in [1.29, 1.82) is 0 Å². The van der Waals surface area contributed by atoms with Crippen LogP contribution >= 0.6 is 0 Å². The van der Waals surface area contributed by atoms with E-state index in [2.05, 4.69) is 4.98 Å². The number of methoxy groups -OCH3 is 5. The number of H-pyrrole nitrogens is 1. The first-order chi connectivity index (χ1) is 41.8. The highest BCUT2D eigenvalue weighted by atomic mass is 19.1. The zero-order valence-corrected chi connectivity index (χ0v) is 48.2. The van der Waals surface area contributed by atoms with Crippen molar-refractivity contribution < 1.29 is 89.8 Å². The fourth-order valence-electron chi connectivity index (χ4n) is 7.46. The number of furan rings is 2. The summed E-state index contributed by atoms with van der Waals surface area (Å²) in [5.41, 5.74) is 1.27. The molecule has 8 aromatic rings. The average molecular weight is 1210 g/mol. The van der Waals surface area contributed by atoms with E-state index in [1.165, 1.54) is 112 Å². The Hall–Kier alpha value is -10.2. The molecule has 0 saturated heterocycles. The van der Waals surface area contributed by atoms with Gasteiger partial charge in [0.15, 0.2) is 48.1 Å². The Balaban J connectivity index is 0.000000311. The van der Waals surface area contributed by atoms with E-state index >= 15 is 0 Å². The number of hydrogen-bond acceptors (Lipinski definition) is 21. The number of carbonyl (C=O) groups excluding carboxylic acids is 6. The Morgan fingerprint density at radius 2 is 0.908 bits per heavy atom. The summed E-state index contributed by atoms with van der Waals surface area (Å²) >= 11 is 0. The van der Waals surface area contributed by atoms with E-state index in [9.17, 15) is 42.7 Å². The number of pyridine rings is 4. The van der Waals surface area contributed by atoms with Gasteiger partial charge in [0.2, 0.25) is 11.6 Å². The van der Waals surface area contributed by atoms with Gasteiger partial charge in [-0.15, -0.1) is 0 Å². The Morgan fingerprint density at radius 1 is 0.506 bits per heavy atom. The van der Waals surface area contributed by atoms with Crippen molar-refractivity contribution in [1.82, 2.24) is 18.7 Å². The lowest BCUT2D eigenvalue weighted by Crippen LogP contribution is -2.25. The summed E-state index contributed by atoms with van der Waals surface area (Å²) in [5, 5.41) is 19.1. The first-order valence-corrected chi connectivity index (χ1v) is 25.6. The van der Waals surface area contributed by atoms with Gasteiger partial charge < -0.3 is 57.2 Å². The van der Waals surface area contributed by atoms with Gasteiger partial charge in [-0.2, -0.15) is 19.2 Å². The van der Waals surface area contributed by atoms with Crippen molar-refractivity contribution in [3.63, 3.8) is 0 Å². The molecule has 25 nitrogen and oxygen atoms in total. The van der Waals surface area contributed by atoms with Gasteiger partial charge in [0.25, 0.3) is 22.2 Å². The van der Waals surface area contributed by atoms with Crippen LogP contribution in [0.4, 0.5) is 8.78 Å². The van der Waals surface area contributed by atoms with Gasteiger partial charge in [-0.25, -0.2) is 8.78 Å². The number of aryl methyl sites for hydroxylation is 2. The minimum Gasteiger partial charge on any atom is -0.503 e. The van der Waals surface area contributed by atoms with Gasteiger partial charge >= 0.3 is 12.3 Å². The number of benzene rings is 2. The number of carbonyl (C=O) groups is 2. The number of aromatic hydroxyl groups is 2. The number of ether oxygens (including phenoxy) is 7. The molecule has 0 saturated carbocycles. The van der Waals surface area contributed by atoms with Crippen molar-refractivity contribution in [3.05, 3.63) is 231 Å². The summed E-state index contributed by atoms with van der Waals surface area (Å²) < 4.78 is 76.0. The molecule has 27 heteroatoms.